The van der Waals surface area contributed by atoms with E-state index in [0.29, 0.717) is 24.9 Å². The van der Waals surface area contributed by atoms with Gasteiger partial charge < -0.3 is 14.6 Å². The topological polar surface area (TPSA) is 55.8 Å². The Hall–Kier alpha value is -2.75. The number of benzene rings is 2. The van der Waals surface area contributed by atoms with Gasteiger partial charge in [0.15, 0.2) is 0 Å². The molecular weight excluding hydrogens is 316 g/mol. The molecule has 0 fully saturated rings. The van der Waals surface area contributed by atoms with Crippen molar-refractivity contribution in [2.24, 2.45) is 0 Å². The Morgan fingerprint density at radius 1 is 1.12 bits per heavy atom. The monoisotopic (exact) mass is 340 g/mol. The normalized spacial score (nSPS) is 11.0. The summed E-state index contributed by atoms with van der Waals surface area (Å²) in [4.78, 5) is 10.6. The first-order valence-electron chi connectivity index (χ1n) is 8.33. The van der Waals surface area contributed by atoms with Crippen LogP contribution in [-0.4, -0.2) is 24.3 Å². The van der Waals surface area contributed by atoms with Gasteiger partial charge in [0.2, 0.25) is 0 Å². The van der Waals surface area contributed by atoms with Crippen molar-refractivity contribution >= 4 is 12.0 Å². The fourth-order valence-electron chi connectivity index (χ4n) is 2.61. The Bertz CT molecular complexity index is 747. The molecule has 0 unspecified atom stereocenters. The van der Waals surface area contributed by atoms with Crippen LogP contribution in [0.1, 0.15) is 36.5 Å². The molecule has 0 bridgehead atoms. The van der Waals surface area contributed by atoms with Crippen LogP contribution in [0.4, 0.5) is 0 Å². The number of hydrogen-bond donors (Lipinski definition) is 1. The largest absolute Gasteiger partial charge is 0.490 e. The second-order valence-electron chi connectivity index (χ2n) is 6.08. The molecule has 0 radical (unpaired) electrons. The van der Waals surface area contributed by atoms with E-state index in [2.05, 4.69) is 26.8 Å². The predicted octanol–water partition coefficient (Wildman–Crippen LogP) is 4.67. The van der Waals surface area contributed by atoms with Crippen LogP contribution in [0.5, 0.6) is 11.5 Å². The van der Waals surface area contributed by atoms with Crippen molar-refractivity contribution in [3.8, 4) is 11.5 Å². The van der Waals surface area contributed by atoms with Crippen LogP contribution >= 0.6 is 0 Å². The molecule has 0 saturated carbocycles. The van der Waals surface area contributed by atoms with Crippen molar-refractivity contribution in [3.05, 3.63) is 65.2 Å². The van der Waals surface area contributed by atoms with Gasteiger partial charge in [-0.15, -0.1) is 0 Å². The van der Waals surface area contributed by atoms with Crippen LogP contribution in [0.25, 0.3) is 6.08 Å². The number of hydrogen-bond acceptors (Lipinski definition) is 3. The zero-order chi connectivity index (χ0) is 18.2. The summed E-state index contributed by atoms with van der Waals surface area (Å²) < 4.78 is 11.5. The van der Waals surface area contributed by atoms with Crippen LogP contribution in [0.15, 0.2) is 48.5 Å². The number of aryl methyl sites for hydroxylation is 1. The molecule has 4 nitrogen and oxygen atoms in total. The molecule has 0 spiro atoms. The molecule has 0 aromatic heterocycles. The summed E-state index contributed by atoms with van der Waals surface area (Å²) in [6, 6.07) is 13.4. The quantitative estimate of drug-likeness (QED) is 0.560. The van der Waals surface area contributed by atoms with Crippen molar-refractivity contribution in [1.29, 1.82) is 0 Å². The van der Waals surface area contributed by atoms with E-state index in [1.165, 1.54) is 17.2 Å². The minimum Gasteiger partial charge on any atom is -0.490 e. The SMILES string of the molecule is Cc1cc(OCCOc2ccccc2C=CC(=O)O)ccc1C(C)C. The van der Waals surface area contributed by atoms with Crippen LogP contribution in [0.2, 0.25) is 0 Å². The molecule has 4 heteroatoms. The molecular formula is C21H24O4. The lowest BCUT2D eigenvalue weighted by molar-refractivity contribution is -0.131. The minimum atomic E-state index is -0.988. The lowest BCUT2D eigenvalue weighted by Gasteiger charge is -2.13. The molecule has 0 heterocycles. The molecule has 0 aliphatic carbocycles. The molecule has 0 aliphatic rings. The summed E-state index contributed by atoms with van der Waals surface area (Å²) in [6.45, 7) is 7.23. The molecule has 0 aliphatic heterocycles. The Labute approximate surface area is 148 Å². The third-order valence-electron chi connectivity index (χ3n) is 3.80. The van der Waals surface area contributed by atoms with Crippen LogP contribution < -0.4 is 9.47 Å². The van der Waals surface area contributed by atoms with Crippen molar-refractivity contribution in [2.75, 3.05) is 13.2 Å². The van der Waals surface area contributed by atoms with E-state index < -0.39 is 5.97 Å². The average molecular weight is 340 g/mol. The maximum absolute atomic E-state index is 10.6. The van der Waals surface area contributed by atoms with Gasteiger partial charge in [-0.3, -0.25) is 0 Å². The fourth-order valence-corrected chi connectivity index (χ4v) is 2.61. The number of carboxylic acid groups (broad SMARTS) is 1. The second kappa shape index (κ2) is 8.92. The van der Waals surface area contributed by atoms with E-state index in [1.807, 2.05) is 36.4 Å². The van der Waals surface area contributed by atoms with E-state index in [1.54, 1.807) is 0 Å². The van der Waals surface area contributed by atoms with E-state index in [9.17, 15) is 4.79 Å². The van der Waals surface area contributed by atoms with Crippen LogP contribution in [-0.2, 0) is 4.79 Å². The lowest BCUT2D eigenvalue weighted by Crippen LogP contribution is -2.09. The Morgan fingerprint density at radius 2 is 1.84 bits per heavy atom. The first-order chi connectivity index (χ1) is 12.0. The van der Waals surface area contributed by atoms with Gasteiger partial charge in [0.05, 0.1) is 0 Å². The third-order valence-corrected chi connectivity index (χ3v) is 3.80. The van der Waals surface area contributed by atoms with E-state index in [-0.39, 0.29) is 0 Å². The zero-order valence-electron chi connectivity index (χ0n) is 14.9. The molecule has 0 saturated heterocycles. The number of carboxylic acids is 1. The summed E-state index contributed by atoms with van der Waals surface area (Å²) in [5.41, 5.74) is 3.27. The number of ether oxygens (including phenoxy) is 2. The standard InChI is InChI=1S/C21H24O4/c1-15(2)19-10-9-18(14-16(19)3)24-12-13-25-20-7-5-4-6-17(20)8-11-21(22)23/h4-11,14-15H,12-13H2,1-3H3,(H,22,23). The highest BCUT2D eigenvalue weighted by atomic mass is 16.5. The number of carbonyl (C=O) groups is 1. The molecule has 2 rings (SSSR count). The van der Waals surface area contributed by atoms with E-state index in [0.717, 1.165) is 17.4 Å². The van der Waals surface area contributed by atoms with E-state index in [4.69, 9.17) is 14.6 Å². The molecule has 1 N–H and O–H groups in total. The summed E-state index contributed by atoms with van der Waals surface area (Å²) in [7, 11) is 0. The molecule has 2 aromatic rings. The summed E-state index contributed by atoms with van der Waals surface area (Å²) in [5, 5.41) is 8.73. The molecule has 0 amide bonds. The first-order valence-corrected chi connectivity index (χ1v) is 8.33. The Balaban J connectivity index is 1.90. The highest BCUT2D eigenvalue weighted by molar-refractivity contribution is 5.85. The highest BCUT2D eigenvalue weighted by Crippen LogP contribution is 2.23. The number of rotatable bonds is 8. The van der Waals surface area contributed by atoms with Gasteiger partial charge in [0, 0.05) is 11.6 Å². The van der Waals surface area contributed by atoms with Crippen molar-refractivity contribution in [1.82, 2.24) is 0 Å². The second-order valence-corrected chi connectivity index (χ2v) is 6.08. The van der Waals surface area contributed by atoms with Gasteiger partial charge in [0.1, 0.15) is 24.7 Å². The van der Waals surface area contributed by atoms with Crippen molar-refractivity contribution in [2.45, 2.75) is 26.7 Å². The van der Waals surface area contributed by atoms with Gasteiger partial charge in [-0.2, -0.15) is 0 Å². The van der Waals surface area contributed by atoms with Gasteiger partial charge >= 0.3 is 5.97 Å². The van der Waals surface area contributed by atoms with Crippen molar-refractivity contribution < 1.29 is 19.4 Å². The highest BCUT2D eigenvalue weighted by Gasteiger charge is 2.05. The van der Waals surface area contributed by atoms with Gasteiger partial charge in [-0.25, -0.2) is 4.79 Å². The molecule has 2 aromatic carbocycles. The number of para-hydroxylation sites is 1. The zero-order valence-corrected chi connectivity index (χ0v) is 14.9. The first kappa shape index (κ1) is 18.6. The molecule has 25 heavy (non-hydrogen) atoms. The molecule has 132 valence electrons. The average Bonchev–Trinajstić information content (AvgIpc) is 2.57. The van der Waals surface area contributed by atoms with Crippen molar-refractivity contribution in [3.63, 3.8) is 0 Å². The van der Waals surface area contributed by atoms with Gasteiger partial charge in [-0.05, 0) is 48.2 Å². The number of aliphatic carboxylic acids is 1. The predicted molar refractivity (Wildman–Crippen MR) is 99.4 cm³/mol. The Kier molecular flexibility index (Phi) is 6.63. The van der Waals surface area contributed by atoms with Gasteiger partial charge in [0.25, 0.3) is 0 Å². The van der Waals surface area contributed by atoms with E-state index >= 15 is 0 Å². The minimum absolute atomic E-state index is 0.378. The summed E-state index contributed by atoms with van der Waals surface area (Å²) >= 11 is 0. The fraction of sp³-hybridized carbons (Fsp3) is 0.286. The van der Waals surface area contributed by atoms with Crippen LogP contribution in [0, 0.1) is 6.92 Å². The van der Waals surface area contributed by atoms with Crippen LogP contribution in [0.3, 0.4) is 0 Å². The molecule has 0 atom stereocenters. The summed E-state index contributed by atoms with van der Waals surface area (Å²) in [6.07, 6.45) is 2.62. The third kappa shape index (κ3) is 5.68. The summed E-state index contributed by atoms with van der Waals surface area (Å²) in [5.74, 6) is 0.964. The Morgan fingerprint density at radius 3 is 2.52 bits per heavy atom. The maximum Gasteiger partial charge on any atom is 0.328 e. The smallest absolute Gasteiger partial charge is 0.328 e. The maximum atomic E-state index is 10.6. The van der Waals surface area contributed by atoms with Gasteiger partial charge in [-0.1, -0.05) is 38.1 Å². The lowest BCUT2D eigenvalue weighted by atomic mass is 9.98.